The van der Waals surface area contributed by atoms with Gasteiger partial charge < -0.3 is 20.4 Å². The van der Waals surface area contributed by atoms with Gasteiger partial charge in [0.1, 0.15) is 0 Å². The molecule has 0 aromatic heterocycles. The molecule has 4 N–H and O–H groups in total. The van der Waals surface area contributed by atoms with Crippen LogP contribution in [-0.4, -0.2) is 44.3 Å². The predicted octanol–water partition coefficient (Wildman–Crippen LogP) is 1.69. The van der Waals surface area contributed by atoms with E-state index in [0.29, 0.717) is 19.3 Å². The smallest absolute Gasteiger partial charge is 0.0618 e. The van der Waals surface area contributed by atoms with E-state index in [1.54, 1.807) is 34.6 Å². The second-order valence-electron chi connectivity index (χ2n) is 5.91. The van der Waals surface area contributed by atoms with E-state index in [0.717, 1.165) is 0 Å². The van der Waals surface area contributed by atoms with Crippen LogP contribution in [0.3, 0.4) is 0 Å². The zero-order chi connectivity index (χ0) is 14.9. The van der Waals surface area contributed by atoms with Crippen LogP contribution < -0.4 is 0 Å². The highest BCUT2D eigenvalue weighted by Crippen LogP contribution is 2.20. The van der Waals surface area contributed by atoms with Crippen LogP contribution in [0, 0.1) is 5.92 Å². The third-order valence-electron chi connectivity index (χ3n) is 2.90. The van der Waals surface area contributed by atoms with Crippen molar-refractivity contribution in [1.82, 2.24) is 0 Å². The van der Waals surface area contributed by atoms with Crippen molar-refractivity contribution in [2.45, 2.75) is 84.7 Å². The summed E-state index contributed by atoms with van der Waals surface area (Å²) in [4.78, 5) is 0. The molecule has 0 saturated heterocycles. The van der Waals surface area contributed by atoms with Crippen LogP contribution in [-0.2, 0) is 0 Å². The molecule has 18 heavy (non-hydrogen) atoms. The fraction of sp³-hybridized carbons (Fsp3) is 1.00. The lowest BCUT2D eigenvalue weighted by Crippen LogP contribution is -2.30. The van der Waals surface area contributed by atoms with Gasteiger partial charge in [0.15, 0.2) is 0 Å². The SMILES string of the molecule is CC(O)CC(C)C(C)(C)O.CC(O)CCC(C)O. The van der Waals surface area contributed by atoms with Gasteiger partial charge in [0, 0.05) is 0 Å². The Kier molecular flexibility index (Phi) is 10.9. The highest BCUT2D eigenvalue weighted by atomic mass is 16.3. The Morgan fingerprint density at radius 1 is 0.778 bits per heavy atom. The molecular formula is C14H32O4. The Hall–Kier alpha value is -0.160. The zero-order valence-corrected chi connectivity index (χ0v) is 12.7. The average molecular weight is 264 g/mol. The Morgan fingerprint density at radius 2 is 1.11 bits per heavy atom. The molecular weight excluding hydrogens is 232 g/mol. The number of hydrogen-bond donors (Lipinski definition) is 4. The van der Waals surface area contributed by atoms with Gasteiger partial charge in [0.25, 0.3) is 0 Å². The molecule has 4 heteroatoms. The fourth-order valence-electron chi connectivity index (χ4n) is 1.28. The van der Waals surface area contributed by atoms with Gasteiger partial charge >= 0.3 is 0 Å². The van der Waals surface area contributed by atoms with Gasteiger partial charge in [-0.2, -0.15) is 0 Å². The number of rotatable bonds is 6. The van der Waals surface area contributed by atoms with Gasteiger partial charge in [-0.15, -0.1) is 0 Å². The summed E-state index contributed by atoms with van der Waals surface area (Å²) in [5, 5.41) is 35.8. The van der Waals surface area contributed by atoms with Crippen molar-refractivity contribution < 1.29 is 20.4 Å². The van der Waals surface area contributed by atoms with Crippen molar-refractivity contribution in [3.05, 3.63) is 0 Å². The molecule has 0 rings (SSSR count). The minimum Gasteiger partial charge on any atom is -0.393 e. The van der Waals surface area contributed by atoms with Crippen LogP contribution in [0.15, 0.2) is 0 Å². The van der Waals surface area contributed by atoms with Crippen LogP contribution in [0.4, 0.5) is 0 Å². The Bertz CT molecular complexity index is 175. The molecule has 0 saturated carbocycles. The molecule has 0 heterocycles. The van der Waals surface area contributed by atoms with E-state index in [1.165, 1.54) is 0 Å². The molecule has 0 aromatic rings. The van der Waals surface area contributed by atoms with Crippen LogP contribution in [0.1, 0.15) is 60.8 Å². The van der Waals surface area contributed by atoms with E-state index in [1.807, 2.05) is 6.92 Å². The van der Waals surface area contributed by atoms with Gasteiger partial charge in [-0.3, -0.25) is 0 Å². The van der Waals surface area contributed by atoms with Crippen molar-refractivity contribution in [2.24, 2.45) is 5.92 Å². The molecule has 0 aliphatic carbocycles. The molecule has 4 nitrogen and oxygen atoms in total. The van der Waals surface area contributed by atoms with Crippen LogP contribution >= 0.6 is 0 Å². The van der Waals surface area contributed by atoms with Gasteiger partial charge in [-0.05, 0) is 59.8 Å². The first-order chi connectivity index (χ1) is 7.96. The maximum Gasteiger partial charge on any atom is 0.0618 e. The minimum atomic E-state index is -0.670. The summed E-state index contributed by atoms with van der Waals surface area (Å²) in [5.41, 5.74) is -0.670. The standard InChI is InChI=1S/C8H18O2.C6H14O2/c1-6(5-7(2)9)8(3,4)10;1-5(7)3-4-6(2)8/h6-7,9-10H,5H2,1-4H3;5-8H,3-4H2,1-2H3. The van der Waals surface area contributed by atoms with E-state index >= 15 is 0 Å². The van der Waals surface area contributed by atoms with E-state index in [2.05, 4.69) is 0 Å². The van der Waals surface area contributed by atoms with Gasteiger partial charge in [0.2, 0.25) is 0 Å². The summed E-state index contributed by atoms with van der Waals surface area (Å²) in [7, 11) is 0. The molecule has 4 atom stereocenters. The van der Waals surface area contributed by atoms with E-state index in [-0.39, 0.29) is 24.2 Å². The minimum absolute atomic E-state index is 0.146. The lowest BCUT2D eigenvalue weighted by Gasteiger charge is -2.26. The largest absolute Gasteiger partial charge is 0.393 e. The van der Waals surface area contributed by atoms with Crippen molar-refractivity contribution >= 4 is 0 Å². The van der Waals surface area contributed by atoms with Crippen molar-refractivity contribution in [1.29, 1.82) is 0 Å². The number of aliphatic hydroxyl groups is 4. The fourth-order valence-corrected chi connectivity index (χ4v) is 1.28. The Morgan fingerprint density at radius 3 is 1.22 bits per heavy atom. The first-order valence-corrected chi connectivity index (χ1v) is 6.73. The number of hydrogen-bond acceptors (Lipinski definition) is 4. The molecule has 0 spiro atoms. The topological polar surface area (TPSA) is 80.9 Å². The van der Waals surface area contributed by atoms with Crippen molar-refractivity contribution in [3.8, 4) is 0 Å². The highest BCUT2D eigenvalue weighted by Gasteiger charge is 2.22. The Labute approximate surface area is 112 Å². The molecule has 0 radical (unpaired) electrons. The summed E-state index contributed by atoms with van der Waals surface area (Å²) in [6.45, 7) is 10.7. The molecule has 0 aliphatic heterocycles. The molecule has 0 amide bonds. The summed E-state index contributed by atoms with van der Waals surface area (Å²) >= 11 is 0. The summed E-state index contributed by atoms with van der Waals surface area (Å²) in [6, 6.07) is 0. The first kappa shape index (κ1) is 20.2. The van der Waals surface area contributed by atoms with E-state index < -0.39 is 5.60 Å². The normalized spacial score (nSPS) is 18.3. The molecule has 0 aliphatic rings. The monoisotopic (exact) mass is 264 g/mol. The summed E-state index contributed by atoms with van der Waals surface area (Å²) < 4.78 is 0. The third kappa shape index (κ3) is 15.8. The maximum atomic E-state index is 9.42. The molecule has 0 bridgehead atoms. The lowest BCUT2D eigenvalue weighted by molar-refractivity contribution is 0.00340. The van der Waals surface area contributed by atoms with Crippen LogP contribution in [0.2, 0.25) is 0 Å². The van der Waals surface area contributed by atoms with E-state index in [4.69, 9.17) is 15.3 Å². The van der Waals surface area contributed by atoms with Crippen LogP contribution in [0.5, 0.6) is 0 Å². The van der Waals surface area contributed by atoms with E-state index in [9.17, 15) is 5.11 Å². The van der Waals surface area contributed by atoms with Gasteiger partial charge in [-0.25, -0.2) is 0 Å². The predicted molar refractivity (Wildman–Crippen MR) is 74.4 cm³/mol. The second kappa shape index (κ2) is 9.73. The second-order valence-corrected chi connectivity index (χ2v) is 5.91. The molecule has 0 fully saturated rings. The zero-order valence-electron chi connectivity index (χ0n) is 12.7. The lowest BCUT2D eigenvalue weighted by atomic mass is 9.88. The van der Waals surface area contributed by atoms with Crippen LogP contribution in [0.25, 0.3) is 0 Å². The van der Waals surface area contributed by atoms with Gasteiger partial charge in [0.05, 0.1) is 23.9 Å². The average Bonchev–Trinajstić information content (AvgIpc) is 2.13. The molecule has 112 valence electrons. The number of aliphatic hydroxyl groups excluding tert-OH is 3. The summed E-state index contributed by atoms with van der Waals surface area (Å²) in [6.07, 6.45) is 1.18. The first-order valence-electron chi connectivity index (χ1n) is 6.73. The van der Waals surface area contributed by atoms with Crippen molar-refractivity contribution in [2.75, 3.05) is 0 Å². The van der Waals surface area contributed by atoms with Gasteiger partial charge in [-0.1, -0.05) is 6.92 Å². The molecule has 0 aromatic carbocycles. The Balaban J connectivity index is 0. The third-order valence-corrected chi connectivity index (χ3v) is 2.90. The quantitative estimate of drug-likeness (QED) is 0.588. The maximum absolute atomic E-state index is 9.42. The highest BCUT2D eigenvalue weighted by molar-refractivity contribution is 4.74. The summed E-state index contributed by atoms with van der Waals surface area (Å²) in [5.74, 6) is 0.146. The van der Waals surface area contributed by atoms with Crippen molar-refractivity contribution in [3.63, 3.8) is 0 Å². The molecule has 4 unspecified atom stereocenters.